The average molecular weight is 292 g/mol. The fourth-order valence-corrected chi connectivity index (χ4v) is 3.54. The highest BCUT2D eigenvalue weighted by molar-refractivity contribution is 5.95. The highest BCUT2D eigenvalue weighted by Crippen LogP contribution is 2.37. The Balaban J connectivity index is 2.14. The number of aromatic nitrogens is 1. The standard InChI is InChI=1S/C19H20N2O/c1-13-18(14(2)22)11-19(16-5-3-4-6-16)21(13)17-9-7-15(12-20)8-10-17/h7-11,16H,3-6H2,1-2H3. The van der Waals surface area contributed by atoms with E-state index in [1.807, 2.05) is 31.2 Å². The van der Waals surface area contributed by atoms with Crippen molar-refractivity contribution in [3.05, 3.63) is 52.8 Å². The summed E-state index contributed by atoms with van der Waals surface area (Å²) >= 11 is 0. The van der Waals surface area contributed by atoms with Gasteiger partial charge in [-0.2, -0.15) is 5.26 Å². The molecule has 112 valence electrons. The molecule has 0 aliphatic heterocycles. The molecule has 0 radical (unpaired) electrons. The zero-order valence-electron chi connectivity index (χ0n) is 13.1. The van der Waals surface area contributed by atoms with Gasteiger partial charge >= 0.3 is 0 Å². The van der Waals surface area contributed by atoms with Crippen LogP contribution in [0.4, 0.5) is 0 Å². The minimum absolute atomic E-state index is 0.115. The van der Waals surface area contributed by atoms with Gasteiger partial charge in [-0.15, -0.1) is 0 Å². The van der Waals surface area contributed by atoms with Crippen LogP contribution < -0.4 is 0 Å². The normalized spacial score (nSPS) is 15.0. The van der Waals surface area contributed by atoms with Crippen LogP contribution in [0.25, 0.3) is 5.69 Å². The lowest BCUT2D eigenvalue weighted by atomic mass is 10.0. The van der Waals surface area contributed by atoms with E-state index in [0.29, 0.717) is 11.5 Å². The number of nitrogens with zero attached hydrogens (tertiary/aromatic N) is 2. The molecule has 0 spiro atoms. The highest BCUT2D eigenvalue weighted by Gasteiger charge is 2.24. The van der Waals surface area contributed by atoms with Crippen molar-refractivity contribution in [1.82, 2.24) is 4.57 Å². The van der Waals surface area contributed by atoms with Gasteiger partial charge in [0.05, 0.1) is 11.6 Å². The van der Waals surface area contributed by atoms with Gasteiger partial charge in [0.2, 0.25) is 0 Å². The van der Waals surface area contributed by atoms with Gasteiger partial charge in [0.1, 0.15) is 0 Å². The van der Waals surface area contributed by atoms with Gasteiger partial charge in [-0.05, 0) is 62.9 Å². The van der Waals surface area contributed by atoms with Crippen molar-refractivity contribution >= 4 is 5.78 Å². The third kappa shape index (κ3) is 2.46. The number of carbonyl (C=O) groups excluding carboxylic acids is 1. The average Bonchev–Trinajstić information content (AvgIpc) is 3.14. The summed E-state index contributed by atoms with van der Waals surface area (Å²) in [6.45, 7) is 3.64. The van der Waals surface area contributed by atoms with Crippen molar-refractivity contribution in [2.75, 3.05) is 0 Å². The van der Waals surface area contributed by atoms with Gasteiger partial charge in [-0.1, -0.05) is 12.8 Å². The molecule has 0 bridgehead atoms. The van der Waals surface area contributed by atoms with E-state index in [2.05, 4.69) is 16.7 Å². The fourth-order valence-electron chi connectivity index (χ4n) is 3.54. The van der Waals surface area contributed by atoms with Crippen LogP contribution in [0, 0.1) is 18.3 Å². The molecule has 0 atom stereocenters. The number of rotatable bonds is 3. The van der Waals surface area contributed by atoms with E-state index in [-0.39, 0.29) is 5.78 Å². The Morgan fingerprint density at radius 2 is 1.86 bits per heavy atom. The van der Waals surface area contributed by atoms with E-state index in [0.717, 1.165) is 16.9 Å². The highest BCUT2D eigenvalue weighted by atomic mass is 16.1. The maximum absolute atomic E-state index is 11.9. The Morgan fingerprint density at radius 3 is 2.41 bits per heavy atom. The number of nitriles is 1. The van der Waals surface area contributed by atoms with Gasteiger partial charge in [0.25, 0.3) is 0 Å². The van der Waals surface area contributed by atoms with Crippen molar-refractivity contribution in [1.29, 1.82) is 5.26 Å². The van der Waals surface area contributed by atoms with Crippen molar-refractivity contribution in [3.8, 4) is 11.8 Å². The molecule has 0 N–H and O–H groups in total. The Kier molecular flexibility index (Phi) is 3.85. The summed E-state index contributed by atoms with van der Waals surface area (Å²) in [4.78, 5) is 11.9. The van der Waals surface area contributed by atoms with Crippen molar-refractivity contribution in [2.45, 2.75) is 45.4 Å². The lowest BCUT2D eigenvalue weighted by Crippen LogP contribution is -2.06. The minimum atomic E-state index is 0.115. The third-order valence-corrected chi connectivity index (χ3v) is 4.68. The maximum atomic E-state index is 11.9. The summed E-state index contributed by atoms with van der Waals surface area (Å²) in [7, 11) is 0. The first-order chi connectivity index (χ1) is 10.6. The largest absolute Gasteiger partial charge is 0.317 e. The molecule has 1 aromatic carbocycles. The van der Waals surface area contributed by atoms with Gasteiger partial charge in [-0.3, -0.25) is 4.79 Å². The number of hydrogen-bond donors (Lipinski definition) is 0. The second kappa shape index (κ2) is 5.81. The predicted octanol–water partition coefficient (Wildman–Crippen LogP) is 4.52. The second-order valence-electron chi connectivity index (χ2n) is 6.10. The summed E-state index contributed by atoms with van der Waals surface area (Å²) in [5.41, 5.74) is 4.74. The first-order valence-corrected chi connectivity index (χ1v) is 7.85. The molecule has 3 heteroatoms. The summed E-state index contributed by atoms with van der Waals surface area (Å²) in [6.07, 6.45) is 4.91. The number of Topliss-reactive ketones (excluding diaryl/α,β-unsaturated/α-hetero) is 1. The molecule has 22 heavy (non-hydrogen) atoms. The Hall–Kier alpha value is -2.34. The van der Waals surface area contributed by atoms with Gasteiger partial charge in [0, 0.05) is 22.6 Å². The third-order valence-electron chi connectivity index (χ3n) is 4.68. The monoisotopic (exact) mass is 292 g/mol. The Bertz CT molecular complexity index is 741. The van der Waals surface area contributed by atoms with E-state index < -0.39 is 0 Å². The van der Waals surface area contributed by atoms with Gasteiger partial charge in [0.15, 0.2) is 5.78 Å². The van der Waals surface area contributed by atoms with E-state index in [1.54, 1.807) is 6.92 Å². The van der Waals surface area contributed by atoms with Gasteiger partial charge in [-0.25, -0.2) is 0 Å². The van der Waals surface area contributed by atoms with E-state index >= 15 is 0 Å². The maximum Gasteiger partial charge on any atom is 0.161 e. The summed E-state index contributed by atoms with van der Waals surface area (Å²) in [6, 6.07) is 11.8. The van der Waals surface area contributed by atoms with Crippen LogP contribution in [0.15, 0.2) is 30.3 Å². The fraction of sp³-hybridized carbons (Fsp3) is 0.368. The van der Waals surface area contributed by atoms with Crippen LogP contribution in [-0.4, -0.2) is 10.4 Å². The zero-order valence-corrected chi connectivity index (χ0v) is 13.1. The van der Waals surface area contributed by atoms with Crippen molar-refractivity contribution < 1.29 is 4.79 Å². The first kappa shape index (κ1) is 14.6. The van der Waals surface area contributed by atoms with Crippen LogP contribution in [0.2, 0.25) is 0 Å². The molecule has 0 unspecified atom stereocenters. The SMILES string of the molecule is CC(=O)c1cc(C2CCCC2)n(-c2ccc(C#N)cc2)c1C. The van der Waals surface area contributed by atoms with E-state index in [4.69, 9.17) is 5.26 Å². The van der Waals surface area contributed by atoms with Crippen LogP contribution in [0.5, 0.6) is 0 Å². The van der Waals surface area contributed by atoms with E-state index in [9.17, 15) is 4.79 Å². The van der Waals surface area contributed by atoms with Crippen molar-refractivity contribution in [3.63, 3.8) is 0 Å². The summed E-state index contributed by atoms with van der Waals surface area (Å²) in [5.74, 6) is 0.645. The molecular weight excluding hydrogens is 272 g/mol. The summed E-state index contributed by atoms with van der Waals surface area (Å²) in [5, 5.41) is 8.96. The molecule has 1 heterocycles. The topological polar surface area (TPSA) is 45.8 Å². The summed E-state index contributed by atoms with van der Waals surface area (Å²) < 4.78 is 2.20. The molecule has 1 aliphatic rings. The molecule has 3 rings (SSSR count). The molecule has 2 aromatic rings. The molecule has 0 saturated heterocycles. The van der Waals surface area contributed by atoms with Crippen LogP contribution >= 0.6 is 0 Å². The first-order valence-electron chi connectivity index (χ1n) is 7.85. The number of benzene rings is 1. The number of ketones is 1. The van der Waals surface area contributed by atoms with Crippen LogP contribution in [0.1, 0.15) is 65.8 Å². The lowest BCUT2D eigenvalue weighted by molar-refractivity contribution is 0.101. The van der Waals surface area contributed by atoms with Crippen molar-refractivity contribution in [2.24, 2.45) is 0 Å². The Labute approximate surface area is 131 Å². The minimum Gasteiger partial charge on any atom is -0.317 e. The van der Waals surface area contributed by atoms with Crippen LogP contribution in [-0.2, 0) is 0 Å². The van der Waals surface area contributed by atoms with Gasteiger partial charge < -0.3 is 4.57 Å². The Morgan fingerprint density at radius 1 is 1.23 bits per heavy atom. The van der Waals surface area contributed by atoms with Crippen LogP contribution in [0.3, 0.4) is 0 Å². The molecular formula is C19H20N2O. The lowest BCUT2D eigenvalue weighted by Gasteiger charge is -2.16. The molecule has 1 aromatic heterocycles. The molecule has 1 saturated carbocycles. The van der Waals surface area contributed by atoms with E-state index in [1.165, 1.54) is 31.4 Å². The molecule has 0 amide bonds. The molecule has 1 aliphatic carbocycles. The predicted molar refractivity (Wildman–Crippen MR) is 86.4 cm³/mol. The zero-order chi connectivity index (χ0) is 15.7. The smallest absolute Gasteiger partial charge is 0.161 e. The second-order valence-corrected chi connectivity index (χ2v) is 6.10. The number of carbonyl (C=O) groups is 1. The molecule has 3 nitrogen and oxygen atoms in total. The molecule has 1 fully saturated rings. The number of hydrogen-bond acceptors (Lipinski definition) is 2. The quantitative estimate of drug-likeness (QED) is 0.781.